The number of non-ortho nitro benzene ring substituents is 1. The minimum atomic E-state index is -0.648. The Morgan fingerprint density at radius 2 is 1.48 bits per heavy atom. The number of carbonyl (C=O) groups is 2. The Morgan fingerprint density at radius 1 is 0.960 bits per heavy atom. The highest BCUT2D eigenvalue weighted by Gasteiger charge is 2.06. The van der Waals surface area contributed by atoms with Crippen molar-refractivity contribution >= 4 is 35.1 Å². The molecule has 0 saturated heterocycles. The van der Waals surface area contributed by atoms with Crippen LogP contribution < -0.4 is 16.1 Å². The Kier molecular flexibility index (Phi) is 5.80. The van der Waals surface area contributed by atoms with Crippen LogP contribution in [-0.4, -0.2) is 22.1 Å². The number of amides is 3. The molecule has 0 saturated carbocycles. The molecule has 25 heavy (non-hydrogen) atoms. The average Bonchev–Trinajstić information content (AvgIpc) is 2.61. The Morgan fingerprint density at radius 3 is 1.96 bits per heavy atom. The van der Waals surface area contributed by atoms with Gasteiger partial charge in [0, 0.05) is 29.6 Å². The molecule has 0 aromatic heterocycles. The molecule has 9 heteroatoms. The lowest BCUT2D eigenvalue weighted by Gasteiger charge is -2.07. The average molecular weight is 342 g/mol. The summed E-state index contributed by atoms with van der Waals surface area (Å²) in [4.78, 5) is 32.8. The van der Waals surface area contributed by atoms with Gasteiger partial charge in [-0.1, -0.05) is 12.1 Å². The molecule has 0 heterocycles. The van der Waals surface area contributed by atoms with E-state index in [0.29, 0.717) is 16.9 Å². The van der Waals surface area contributed by atoms with Gasteiger partial charge in [-0.2, -0.15) is 0 Å². The zero-order chi connectivity index (χ0) is 18.2. The molecule has 0 aliphatic heterocycles. The van der Waals surface area contributed by atoms with Crippen LogP contribution in [0.3, 0.4) is 0 Å². The summed E-state index contributed by atoms with van der Waals surface area (Å²) >= 11 is 0. The molecule has 2 aromatic rings. The lowest BCUT2D eigenvalue weighted by Crippen LogP contribution is -2.19. The maximum Gasteiger partial charge on any atom is 0.323 e. The second kappa shape index (κ2) is 8.22. The zero-order valence-electron chi connectivity index (χ0n) is 12.8. The number of urea groups is 1. The Balaban J connectivity index is 1.92. The largest absolute Gasteiger partial charge is 0.323 e. The summed E-state index contributed by atoms with van der Waals surface area (Å²) in [6.45, 7) is 0. The summed E-state index contributed by atoms with van der Waals surface area (Å²) < 4.78 is 0. The number of carbonyl (C=O) groups excluding carboxylic acids is 2. The van der Waals surface area contributed by atoms with E-state index in [1.165, 1.54) is 35.8 Å². The van der Waals surface area contributed by atoms with E-state index in [1.807, 2.05) is 0 Å². The highest BCUT2D eigenvalue weighted by molar-refractivity contribution is 5.99. The highest BCUT2D eigenvalue weighted by Crippen LogP contribution is 2.16. The third kappa shape index (κ3) is 5.44. The Labute approximate surface area is 142 Å². The summed E-state index contributed by atoms with van der Waals surface area (Å²) in [6.07, 6.45) is 2.65. The minimum absolute atomic E-state index is 0.0653. The lowest BCUT2D eigenvalue weighted by atomic mass is 10.2. The molecule has 0 aliphatic rings. The first-order chi connectivity index (χ1) is 12.0. The zero-order valence-corrected chi connectivity index (χ0v) is 12.8. The number of benzene rings is 2. The van der Waals surface area contributed by atoms with Crippen molar-refractivity contribution in [3.8, 4) is 0 Å². The molecule has 0 bridgehead atoms. The number of anilines is 2. The molecule has 0 radical (unpaired) electrons. The fourth-order valence-corrected chi connectivity index (χ4v) is 1.85. The normalized spacial score (nSPS) is 10.3. The maximum absolute atomic E-state index is 11.9. The standard InChI is InChI=1S/C16H14N4O5/c21-15(19-23)10-3-11-1-4-12(5-2-11)17-16(22)18-13-6-8-14(9-7-13)20(24)25/h1-10,23H,(H,19,21)(H2,17,18,22)/b10-3+. The molecule has 4 N–H and O–H groups in total. The van der Waals surface area contributed by atoms with Gasteiger partial charge in [-0.25, -0.2) is 10.3 Å². The van der Waals surface area contributed by atoms with E-state index >= 15 is 0 Å². The molecule has 0 fully saturated rings. The van der Waals surface area contributed by atoms with Crippen molar-refractivity contribution in [3.63, 3.8) is 0 Å². The number of hydrogen-bond acceptors (Lipinski definition) is 5. The van der Waals surface area contributed by atoms with Gasteiger partial charge in [-0.05, 0) is 35.9 Å². The molecule has 0 unspecified atom stereocenters. The quantitative estimate of drug-likeness (QED) is 0.287. The van der Waals surface area contributed by atoms with E-state index in [0.717, 1.165) is 6.08 Å². The first-order valence-electron chi connectivity index (χ1n) is 7.02. The molecule has 0 spiro atoms. The van der Waals surface area contributed by atoms with Gasteiger partial charge < -0.3 is 10.6 Å². The van der Waals surface area contributed by atoms with Crippen LogP contribution in [0.2, 0.25) is 0 Å². The topological polar surface area (TPSA) is 134 Å². The second-order valence-electron chi connectivity index (χ2n) is 4.81. The number of rotatable bonds is 5. The van der Waals surface area contributed by atoms with Crippen LogP contribution in [0.5, 0.6) is 0 Å². The highest BCUT2D eigenvalue weighted by atomic mass is 16.6. The predicted octanol–water partition coefficient (Wildman–Crippen LogP) is 2.76. The van der Waals surface area contributed by atoms with E-state index in [1.54, 1.807) is 24.3 Å². The lowest BCUT2D eigenvalue weighted by molar-refractivity contribution is -0.384. The van der Waals surface area contributed by atoms with E-state index in [9.17, 15) is 19.7 Å². The second-order valence-corrected chi connectivity index (χ2v) is 4.81. The van der Waals surface area contributed by atoms with Gasteiger partial charge in [0.2, 0.25) is 0 Å². The molecule has 2 aromatic carbocycles. The molecule has 128 valence electrons. The monoisotopic (exact) mass is 342 g/mol. The summed E-state index contributed by atoms with van der Waals surface area (Å²) in [5, 5.41) is 24.1. The van der Waals surface area contributed by atoms with Crippen molar-refractivity contribution in [3.05, 3.63) is 70.3 Å². The molecular formula is C16H14N4O5. The minimum Gasteiger partial charge on any atom is -0.308 e. The van der Waals surface area contributed by atoms with E-state index in [4.69, 9.17) is 5.21 Å². The van der Waals surface area contributed by atoms with Gasteiger partial charge >= 0.3 is 6.03 Å². The Hall–Kier alpha value is -3.72. The van der Waals surface area contributed by atoms with Gasteiger partial charge in [0.15, 0.2) is 0 Å². The number of nitrogens with one attached hydrogen (secondary N) is 3. The van der Waals surface area contributed by atoms with Crippen LogP contribution in [0.4, 0.5) is 21.9 Å². The molecule has 3 amide bonds. The van der Waals surface area contributed by atoms with Crippen molar-refractivity contribution in [1.82, 2.24) is 5.48 Å². The summed E-state index contributed by atoms with van der Waals surface area (Å²) in [5.74, 6) is -0.648. The van der Waals surface area contributed by atoms with Crippen LogP contribution in [0, 0.1) is 10.1 Å². The van der Waals surface area contributed by atoms with Gasteiger partial charge in [0.25, 0.3) is 11.6 Å². The summed E-state index contributed by atoms with van der Waals surface area (Å²) in [7, 11) is 0. The van der Waals surface area contributed by atoms with Gasteiger partial charge in [-0.3, -0.25) is 20.1 Å². The third-order valence-electron chi connectivity index (χ3n) is 3.04. The van der Waals surface area contributed by atoms with E-state index < -0.39 is 16.9 Å². The van der Waals surface area contributed by atoms with Crippen molar-refractivity contribution in [2.45, 2.75) is 0 Å². The first kappa shape index (κ1) is 17.6. The van der Waals surface area contributed by atoms with Crippen LogP contribution in [-0.2, 0) is 4.79 Å². The third-order valence-corrected chi connectivity index (χ3v) is 3.04. The number of hydroxylamine groups is 1. The number of hydrogen-bond donors (Lipinski definition) is 4. The Bertz CT molecular complexity index is 800. The van der Waals surface area contributed by atoms with Crippen LogP contribution >= 0.6 is 0 Å². The van der Waals surface area contributed by atoms with Crippen molar-refractivity contribution < 1.29 is 19.7 Å². The summed E-state index contributed by atoms with van der Waals surface area (Å²) in [5.41, 5.74) is 3.04. The van der Waals surface area contributed by atoms with Gasteiger partial charge in [-0.15, -0.1) is 0 Å². The van der Waals surface area contributed by atoms with Crippen molar-refractivity contribution in [2.75, 3.05) is 10.6 Å². The fraction of sp³-hybridized carbons (Fsp3) is 0. The number of nitro benzene ring substituents is 1. The van der Waals surface area contributed by atoms with Gasteiger partial charge in [0.05, 0.1) is 4.92 Å². The van der Waals surface area contributed by atoms with E-state index in [-0.39, 0.29) is 5.69 Å². The summed E-state index contributed by atoms with van der Waals surface area (Å²) in [6, 6.07) is 11.5. The van der Waals surface area contributed by atoms with E-state index in [2.05, 4.69) is 10.6 Å². The number of nitro groups is 1. The molecule has 0 aliphatic carbocycles. The number of nitrogens with zero attached hydrogens (tertiary/aromatic N) is 1. The molecule has 0 atom stereocenters. The van der Waals surface area contributed by atoms with Crippen molar-refractivity contribution in [2.24, 2.45) is 0 Å². The molecular weight excluding hydrogens is 328 g/mol. The molecule has 9 nitrogen and oxygen atoms in total. The van der Waals surface area contributed by atoms with Crippen LogP contribution in [0.25, 0.3) is 6.08 Å². The smallest absolute Gasteiger partial charge is 0.308 e. The first-order valence-corrected chi connectivity index (χ1v) is 7.02. The van der Waals surface area contributed by atoms with Crippen LogP contribution in [0.1, 0.15) is 5.56 Å². The van der Waals surface area contributed by atoms with Crippen molar-refractivity contribution in [1.29, 1.82) is 0 Å². The maximum atomic E-state index is 11.9. The van der Waals surface area contributed by atoms with Crippen LogP contribution in [0.15, 0.2) is 54.6 Å². The SMILES string of the molecule is O=C(/C=C/c1ccc(NC(=O)Nc2ccc([N+](=O)[O-])cc2)cc1)NO. The van der Waals surface area contributed by atoms with Gasteiger partial charge in [0.1, 0.15) is 0 Å². The molecule has 2 rings (SSSR count). The fourth-order valence-electron chi connectivity index (χ4n) is 1.85. The predicted molar refractivity (Wildman–Crippen MR) is 91.1 cm³/mol.